The van der Waals surface area contributed by atoms with Gasteiger partial charge in [-0.1, -0.05) is 18.2 Å². The Labute approximate surface area is 234 Å². The Morgan fingerprint density at radius 3 is 2.27 bits per heavy atom. The molecule has 2 aromatic heterocycles. The molecule has 41 heavy (non-hydrogen) atoms. The molecule has 0 bridgehead atoms. The van der Waals surface area contributed by atoms with Gasteiger partial charge in [-0.05, 0) is 25.5 Å². The van der Waals surface area contributed by atoms with Crippen LogP contribution in [0.15, 0.2) is 24.3 Å². The number of carboxylic acids is 3. The molecule has 222 valence electrons. The Kier molecular flexibility index (Phi) is 10.2. The van der Waals surface area contributed by atoms with Crippen LogP contribution in [0.25, 0.3) is 10.9 Å². The van der Waals surface area contributed by atoms with E-state index in [1.54, 1.807) is 0 Å². The van der Waals surface area contributed by atoms with Crippen molar-refractivity contribution in [1.82, 2.24) is 24.2 Å². The molecule has 0 saturated heterocycles. The van der Waals surface area contributed by atoms with Gasteiger partial charge in [0, 0.05) is 36.2 Å². The summed E-state index contributed by atoms with van der Waals surface area (Å²) in [5.74, 6) is -3.74. The highest BCUT2D eigenvalue weighted by Gasteiger charge is 2.40. The van der Waals surface area contributed by atoms with Crippen LogP contribution in [0.5, 0.6) is 0 Å². The molecule has 5 N–H and O–H groups in total. The number of hydrogen-bond acceptors (Lipinski definition) is 10. The summed E-state index contributed by atoms with van der Waals surface area (Å²) in [5.41, 5.74) is 0.607. The van der Waals surface area contributed by atoms with Crippen molar-refractivity contribution in [3.05, 3.63) is 47.2 Å². The molecule has 15 heteroatoms. The fourth-order valence-corrected chi connectivity index (χ4v) is 4.70. The maximum atomic E-state index is 12.1. The second-order valence-electron chi connectivity index (χ2n) is 9.50. The van der Waals surface area contributed by atoms with Gasteiger partial charge in [-0.3, -0.25) is 19.3 Å². The summed E-state index contributed by atoms with van der Waals surface area (Å²) in [5, 5.41) is 52.6. The lowest BCUT2D eigenvalue weighted by molar-refractivity contribution is -0.170. The van der Waals surface area contributed by atoms with Crippen LogP contribution in [0.3, 0.4) is 0 Å². The van der Waals surface area contributed by atoms with Crippen molar-refractivity contribution in [2.75, 3.05) is 13.2 Å². The van der Waals surface area contributed by atoms with Crippen LogP contribution < -0.4 is 0 Å². The van der Waals surface area contributed by atoms with Crippen LogP contribution >= 0.6 is 0 Å². The molecular weight excluding hydrogens is 542 g/mol. The molecule has 0 amide bonds. The lowest BCUT2D eigenvalue weighted by Gasteiger charge is -2.27. The summed E-state index contributed by atoms with van der Waals surface area (Å²) in [6.07, 6.45) is -2.29. The standard InChI is InChI=1S/C20H25N5O3.C6H8O7/c1-3-28-20(27)12-25-14(2)16(15-6-4-5-7-17(15)25)10-23-8-9-24-18(11-23)21-22-19(24)13-26;7-3(8)1-6(13,5(11)12)2-4(9)10/h4-7,26H,3,8-13H2,1-2H3;13H,1-2H2,(H,7,8)(H,9,10)(H,11,12). The first-order valence-electron chi connectivity index (χ1n) is 12.8. The van der Waals surface area contributed by atoms with E-state index in [0.29, 0.717) is 19.0 Å². The molecule has 0 spiro atoms. The quantitative estimate of drug-likeness (QED) is 0.195. The van der Waals surface area contributed by atoms with Gasteiger partial charge in [0.25, 0.3) is 0 Å². The Morgan fingerprint density at radius 1 is 1.02 bits per heavy atom. The Balaban J connectivity index is 0.000000302. The number of carbonyl (C=O) groups excluding carboxylic acids is 1. The molecule has 0 radical (unpaired) electrons. The second kappa shape index (κ2) is 13.3. The molecule has 4 rings (SSSR count). The predicted molar refractivity (Wildman–Crippen MR) is 140 cm³/mol. The van der Waals surface area contributed by atoms with Crippen molar-refractivity contribution in [3.8, 4) is 0 Å². The zero-order valence-electron chi connectivity index (χ0n) is 22.7. The molecule has 0 saturated carbocycles. The number of carbonyl (C=O) groups is 4. The van der Waals surface area contributed by atoms with E-state index in [2.05, 4.69) is 28.1 Å². The van der Waals surface area contributed by atoms with Gasteiger partial charge < -0.3 is 39.4 Å². The zero-order chi connectivity index (χ0) is 30.3. The largest absolute Gasteiger partial charge is 0.481 e. The van der Waals surface area contributed by atoms with Crippen molar-refractivity contribution in [3.63, 3.8) is 0 Å². The van der Waals surface area contributed by atoms with Gasteiger partial charge in [0.05, 0.1) is 26.0 Å². The number of benzene rings is 1. The highest BCUT2D eigenvalue weighted by atomic mass is 16.5. The van der Waals surface area contributed by atoms with Gasteiger partial charge in [0.1, 0.15) is 19.0 Å². The molecular formula is C26H33N5O10. The zero-order valence-corrected chi connectivity index (χ0v) is 22.7. The average molecular weight is 576 g/mol. The van der Waals surface area contributed by atoms with Gasteiger partial charge in [0.2, 0.25) is 0 Å². The van der Waals surface area contributed by atoms with E-state index >= 15 is 0 Å². The number of esters is 1. The lowest BCUT2D eigenvalue weighted by atomic mass is 9.96. The maximum Gasteiger partial charge on any atom is 0.336 e. The van der Waals surface area contributed by atoms with Crippen LogP contribution in [-0.2, 0) is 56.7 Å². The summed E-state index contributed by atoms with van der Waals surface area (Å²) in [6, 6.07) is 8.17. The molecule has 0 unspecified atom stereocenters. The van der Waals surface area contributed by atoms with Crippen LogP contribution in [0, 0.1) is 6.92 Å². The number of fused-ring (bicyclic) bond motifs is 2. The number of aliphatic hydroxyl groups excluding tert-OH is 1. The summed E-state index contributed by atoms with van der Waals surface area (Å²) >= 11 is 0. The molecule has 1 aliphatic rings. The second-order valence-corrected chi connectivity index (χ2v) is 9.50. The van der Waals surface area contributed by atoms with E-state index in [1.807, 2.05) is 34.3 Å². The summed E-state index contributed by atoms with van der Waals surface area (Å²) < 4.78 is 9.19. The van der Waals surface area contributed by atoms with E-state index in [-0.39, 0.29) is 19.1 Å². The van der Waals surface area contributed by atoms with E-state index in [9.17, 15) is 24.3 Å². The minimum Gasteiger partial charge on any atom is -0.481 e. The SMILES string of the molecule is CCOC(=O)Cn1c(C)c(CN2CCn3c(CO)nnc3C2)c2ccccc21.O=C(O)CC(O)(CC(=O)O)C(=O)O. The number of ether oxygens (including phenoxy) is 1. The van der Waals surface area contributed by atoms with Crippen molar-refractivity contribution >= 4 is 34.8 Å². The van der Waals surface area contributed by atoms with E-state index in [1.165, 1.54) is 5.56 Å². The van der Waals surface area contributed by atoms with Crippen molar-refractivity contribution in [2.24, 2.45) is 0 Å². The van der Waals surface area contributed by atoms with Gasteiger partial charge >= 0.3 is 23.9 Å². The average Bonchev–Trinajstić information content (AvgIpc) is 3.42. The van der Waals surface area contributed by atoms with Crippen molar-refractivity contribution in [2.45, 2.75) is 65.1 Å². The monoisotopic (exact) mass is 575 g/mol. The number of aliphatic carboxylic acids is 3. The summed E-state index contributed by atoms with van der Waals surface area (Å²) in [4.78, 5) is 44.9. The number of hydrogen-bond donors (Lipinski definition) is 5. The number of nitrogens with zero attached hydrogens (tertiary/aromatic N) is 5. The van der Waals surface area contributed by atoms with Gasteiger partial charge in [-0.2, -0.15) is 0 Å². The van der Waals surface area contributed by atoms with Crippen LogP contribution in [0.4, 0.5) is 0 Å². The number of aliphatic hydroxyl groups is 2. The molecule has 1 aliphatic heterocycles. The first-order valence-corrected chi connectivity index (χ1v) is 12.8. The number of aromatic nitrogens is 4. The van der Waals surface area contributed by atoms with Crippen LogP contribution in [-0.4, -0.2) is 92.4 Å². The predicted octanol–water partition coefficient (Wildman–Crippen LogP) is 0.364. The Hall–Kier alpha value is -4.34. The third kappa shape index (κ3) is 7.45. The minimum atomic E-state index is -2.74. The minimum absolute atomic E-state index is 0.0898. The van der Waals surface area contributed by atoms with Gasteiger partial charge in [-0.25, -0.2) is 4.79 Å². The number of carboxylic acid groups (broad SMARTS) is 3. The molecule has 0 aliphatic carbocycles. The fraction of sp³-hybridized carbons (Fsp3) is 0.462. The first-order chi connectivity index (χ1) is 19.4. The number of rotatable bonds is 11. The van der Waals surface area contributed by atoms with Crippen molar-refractivity contribution in [1.29, 1.82) is 0 Å². The highest BCUT2D eigenvalue weighted by Crippen LogP contribution is 2.28. The molecule has 0 atom stereocenters. The van der Waals surface area contributed by atoms with Crippen molar-refractivity contribution < 1.29 is 49.4 Å². The Morgan fingerprint density at radius 2 is 1.68 bits per heavy atom. The number of para-hydroxylation sites is 1. The smallest absolute Gasteiger partial charge is 0.336 e. The fourth-order valence-electron chi connectivity index (χ4n) is 4.70. The van der Waals surface area contributed by atoms with Crippen LogP contribution in [0.1, 0.15) is 42.7 Å². The Bertz CT molecular complexity index is 1410. The normalized spacial score (nSPS) is 13.3. The third-order valence-corrected chi connectivity index (χ3v) is 6.67. The van der Waals surface area contributed by atoms with E-state index in [4.69, 9.17) is 25.2 Å². The van der Waals surface area contributed by atoms with Crippen LogP contribution in [0.2, 0.25) is 0 Å². The molecule has 3 aromatic rings. The molecule has 3 heterocycles. The highest BCUT2D eigenvalue weighted by molar-refractivity contribution is 5.88. The molecule has 1 aromatic carbocycles. The topological polar surface area (TPSA) is 218 Å². The first kappa shape index (κ1) is 31.2. The third-order valence-electron chi connectivity index (χ3n) is 6.67. The van der Waals surface area contributed by atoms with Gasteiger partial charge in [-0.15, -0.1) is 10.2 Å². The molecule has 0 fully saturated rings. The molecule has 15 nitrogen and oxygen atoms in total. The summed E-state index contributed by atoms with van der Waals surface area (Å²) in [7, 11) is 0. The van der Waals surface area contributed by atoms with E-state index < -0.39 is 36.4 Å². The van der Waals surface area contributed by atoms with Gasteiger partial charge in [0.15, 0.2) is 11.4 Å². The maximum absolute atomic E-state index is 12.1. The lowest BCUT2D eigenvalue weighted by Crippen LogP contribution is -2.42. The van der Waals surface area contributed by atoms with E-state index in [0.717, 1.165) is 42.1 Å². The summed E-state index contributed by atoms with van der Waals surface area (Å²) in [6.45, 7) is 7.46.